The van der Waals surface area contributed by atoms with Crippen LogP contribution in [0.3, 0.4) is 0 Å². The van der Waals surface area contributed by atoms with Crippen molar-refractivity contribution in [2.75, 3.05) is 0 Å². The Morgan fingerprint density at radius 2 is 1.74 bits per heavy atom. The lowest BCUT2D eigenvalue weighted by Crippen LogP contribution is -2.43. The minimum Gasteiger partial charge on any atom is -0.481 e. The van der Waals surface area contributed by atoms with Crippen molar-refractivity contribution < 1.29 is 14.7 Å². The van der Waals surface area contributed by atoms with Crippen LogP contribution >= 0.6 is 23.2 Å². The number of nitrogens with one attached hydrogen (secondary N) is 1. The van der Waals surface area contributed by atoms with Gasteiger partial charge in [0.1, 0.15) is 0 Å². The molecule has 2 N–H and O–H groups in total. The highest BCUT2D eigenvalue weighted by molar-refractivity contribution is 6.35. The fourth-order valence-electron chi connectivity index (χ4n) is 1.55. The first-order chi connectivity index (χ1) is 8.69. The third-order valence-electron chi connectivity index (χ3n) is 2.54. The molecule has 1 amide bonds. The zero-order valence-electron chi connectivity index (χ0n) is 10.7. The molecular weight excluding hydrogens is 289 g/mol. The van der Waals surface area contributed by atoms with Crippen LogP contribution in [0.2, 0.25) is 10.0 Å². The monoisotopic (exact) mass is 303 g/mol. The molecule has 1 aromatic rings. The molecule has 6 heteroatoms. The number of carboxylic acids is 1. The summed E-state index contributed by atoms with van der Waals surface area (Å²) in [5.41, 5.74) is -0.273. The maximum Gasteiger partial charge on any atom is 0.303 e. The Morgan fingerprint density at radius 1 is 1.21 bits per heavy atom. The topological polar surface area (TPSA) is 66.4 Å². The molecule has 0 atom stereocenters. The molecule has 0 heterocycles. The molecule has 0 aliphatic carbocycles. The summed E-state index contributed by atoms with van der Waals surface area (Å²) in [7, 11) is 0. The molecular formula is C13H15Cl2NO3. The van der Waals surface area contributed by atoms with Crippen LogP contribution in [0.1, 0.15) is 37.0 Å². The van der Waals surface area contributed by atoms with Crippen LogP contribution in [0.5, 0.6) is 0 Å². The second-order valence-corrected chi connectivity index (χ2v) is 5.76. The summed E-state index contributed by atoms with van der Waals surface area (Å²) in [5.74, 6) is -1.23. The summed E-state index contributed by atoms with van der Waals surface area (Å²) in [6, 6.07) is 4.56. The molecule has 0 bridgehead atoms. The standard InChI is InChI=1S/C13H15Cl2NO3/c1-13(2,4-3-11(17)18)16-12(19)8-5-9(14)7-10(15)6-8/h5-7H,3-4H2,1-2H3,(H,16,19)(H,17,18). The first-order valence-corrected chi connectivity index (χ1v) is 6.45. The van der Waals surface area contributed by atoms with Gasteiger partial charge < -0.3 is 10.4 Å². The number of carbonyl (C=O) groups excluding carboxylic acids is 1. The second-order valence-electron chi connectivity index (χ2n) is 4.89. The van der Waals surface area contributed by atoms with Crippen molar-refractivity contribution in [3.63, 3.8) is 0 Å². The normalized spacial score (nSPS) is 11.2. The van der Waals surface area contributed by atoms with E-state index in [1.54, 1.807) is 13.8 Å². The van der Waals surface area contributed by atoms with Crippen molar-refractivity contribution in [1.29, 1.82) is 0 Å². The van der Waals surface area contributed by atoms with Crippen LogP contribution in [0.4, 0.5) is 0 Å². The summed E-state index contributed by atoms with van der Waals surface area (Å²) in [6.45, 7) is 3.53. The van der Waals surface area contributed by atoms with Gasteiger partial charge in [-0.05, 0) is 38.5 Å². The second kappa shape index (κ2) is 6.26. The summed E-state index contributed by atoms with van der Waals surface area (Å²) in [4.78, 5) is 22.6. The molecule has 0 fully saturated rings. The smallest absolute Gasteiger partial charge is 0.303 e. The van der Waals surface area contributed by atoms with E-state index in [9.17, 15) is 9.59 Å². The summed E-state index contributed by atoms with van der Waals surface area (Å²) >= 11 is 11.7. The van der Waals surface area contributed by atoms with Gasteiger partial charge in [-0.3, -0.25) is 9.59 Å². The molecule has 0 spiro atoms. The fraction of sp³-hybridized carbons (Fsp3) is 0.385. The molecule has 0 aliphatic heterocycles. The highest BCUT2D eigenvalue weighted by atomic mass is 35.5. The minimum absolute atomic E-state index is 0.0103. The summed E-state index contributed by atoms with van der Waals surface area (Å²) in [5, 5.41) is 12.2. The number of aliphatic carboxylic acids is 1. The van der Waals surface area contributed by atoms with Crippen molar-refractivity contribution in [2.45, 2.75) is 32.2 Å². The van der Waals surface area contributed by atoms with Gasteiger partial charge in [0, 0.05) is 27.6 Å². The van der Waals surface area contributed by atoms with Gasteiger partial charge in [-0.15, -0.1) is 0 Å². The molecule has 0 saturated carbocycles. The van der Waals surface area contributed by atoms with E-state index in [1.807, 2.05) is 0 Å². The number of halogens is 2. The van der Waals surface area contributed by atoms with E-state index < -0.39 is 11.5 Å². The number of rotatable bonds is 5. The zero-order valence-corrected chi connectivity index (χ0v) is 12.2. The Kier molecular flexibility index (Phi) is 5.20. The number of hydrogen-bond donors (Lipinski definition) is 2. The molecule has 4 nitrogen and oxygen atoms in total. The SMILES string of the molecule is CC(C)(CCC(=O)O)NC(=O)c1cc(Cl)cc(Cl)c1. The largest absolute Gasteiger partial charge is 0.481 e. The number of hydrogen-bond acceptors (Lipinski definition) is 2. The van der Waals surface area contributed by atoms with Gasteiger partial charge in [0.2, 0.25) is 0 Å². The number of carboxylic acid groups (broad SMARTS) is 1. The lowest BCUT2D eigenvalue weighted by atomic mass is 9.98. The van der Waals surface area contributed by atoms with Crippen molar-refractivity contribution in [2.24, 2.45) is 0 Å². The molecule has 0 saturated heterocycles. The van der Waals surface area contributed by atoms with Crippen LogP contribution in [0, 0.1) is 0 Å². The van der Waals surface area contributed by atoms with Gasteiger partial charge >= 0.3 is 5.97 Å². The van der Waals surface area contributed by atoms with Crippen LogP contribution in [0.15, 0.2) is 18.2 Å². The zero-order chi connectivity index (χ0) is 14.6. The summed E-state index contributed by atoms with van der Waals surface area (Å²) in [6.07, 6.45) is 0.325. The Morgan fingerprint density at radius 3 is 2.21 bits per heavy atom. The molecule has 19 heavy (non-hydrogen) atoms. The Labute approximate surface area is 121 Å². The van der Waals surface area contributed by atoms with Gasteiger partial charge in [0.25, 0.3) is 5.91 Å². The first kappa shape index (κ1) is 15.8. The van der Waals surface area contributed by atoms with Crippen molar-refractivity contribution >= 4 is 35.1 Å². The van der Waals surface area contributed by atoms with Gasteiger partial charge in [0.15, 0.2) is 0 Å². The molecule has 0 radical (unpaired) electrons. The van der Waals surface area contributed by atoms with Crippen molar-refractivity contribution in [3.05, 3.63) is 33.8 Å². The fourth-order valence-corrected chi connectivity index (χ4v) is 2.07. The van der Waals surface area contributed by atoms with Crippen molar-refractivity contribution in [1.82, 2.24) is 5.32 Å². The van der Waals surface area contributed by atoms with Crippen LogP contribution in [-0.2, 0) is 4.79 Å². The van der Waals surface area contributed by atoms with E-state index in [4.69, 9.17) is 28.3 Å². The Bertz CT molecular complexity index is 480. The van der Waals surface area contributed by atoms with E-state index in [1.165, 1.54) is 18.2 Å². The molecule has 1 aromatic carbocycles. The Balaban J connectivity index is 2.75. The maximum absolute atomic E-state index is 12.0. The van der Waals surface area contributed by atoms with Crippen LogP contribution < -0.4 is 5.32 Å². The number of benzene rings is 1. The van der Waals surface area contributed by atoms with E-state index in [-0.39, 0.29) is 12.3 Å². The van der Waals surface area contributed by atoms with E-state index in [0.29, 0.717) is 22.0 Å². The molecule has 1 rings (SSSR count). The average Bonchev–Trinajstić information content (AvgIpc) is 2.24. The molecule has 104 valence electrons. The third-order valence-corrected chi connectivity index (χ3v) is 2.98. The number of amides is 1. The molecule has 0 aromatic heterocycles. The van der Waals surface area contributed by atoms with E-state index in [0.717, 1.165) is 0 Å². The van der Waals surface area contributed by atoms with E-state index >= 15 is 0 Å². The maximum atomic E-state index is 12.0. The molecule has 0 unspecified atom stereocenters. The van der Waals surface area contributed by atoms with E-state index in [2.05, 4.69) is 5.32 Å². The highest BCUT2D eigenvalue weighted by Crippen LogP contribution is 2.20. The van der Waals surface area contributed by atoms with Crippen LogP contribution in [0.25, 0.3) is 0 Å². The van der Waals surface area contributed by atoms with Gasteiger partial charge in [-0.2, -0.15) is 0 Å². The van der Waals surface area contributed by atoms with Crippen molar-refractivity contribution in [3.8, 4) is 0 Å². The first-order valence-electron chi connectivity index (χ1n) is 5.70. The highest BCUT2D eigenvalue weighted by Gasteiger charge is 2.22. The summed E-state index contributed by atoms with van der Waals surface area (Å²) < 4.78 is 0. The lowest BCUT2D eigenvalue weighted by molar-refractivity contribution is -0.137. The average molecular weight is 304 g/mol. The number of carbonyl (C=O) groups is 2. The quantitative estimate of drug-likeness (QED) is 0.876. The van der Waals surface area contributed by atoms with Gasteiger partial charge in [0.05, 0.1) is 0 Å². The predicted molar refractivity (Wildman–Crippen MR) is 74.9 cm³/mol. The Hall–Kier alpha value is -1.26. The lowest BCUT2D eigenvalue weighted by Gasteiger charge is -2.25. The third kappa shape index (κ3) is 5.49. The van der Waals surface area contributed by atoms with Gasteiger partial charge in [-0.25, -0.2) is 0 Å². The minimum atomic E-state index is -0.895. The van der Waals surface area contributed by atoms with Gasteiger partial charge in [-0.1, -0.05) is 23.2 Å². The van der Waals surface area contributed by atoms with Crippen LogP contribution in [-0.4, -0.2) is 22.5 Å². The molecule has 0 aliphatic rings. The predicted octanol–water partition coefficient (Wildman–Crippen LogP) is 3.37.